The van der Waals surface area contributed by atoms with E-state index < -0.39 is 0 Å². The van der Waals surface area contributed by atoms with E-state index in [0.717, 1.165) is 31.5 Å². The molecule has 2 unspecified atom stereocenters. The van der Waals surface area contributed by atoms with Crippen molar-refractivity contribution in [2.75, 3.05) is 11.9 Å². The van der Waals surface area contributed by atoms with Gasteiger partial charge in [-0.2, -0.15) is 0 Å². The quantitative estimate of drug-likeness (QED) is 0.875. The normalized spacial score (nSPS) is 22.8. The Kier molecular flexibility index (Phi) is 5.56. The zero-order valence-corrected chi connectivity index (χ0v) is 13.2. The third-order valence-electron chi connectivity index (χ3n) is 4.06. The van der Waals surface area contributed by atoms with E-state index in [2.05, 4.69) is 41.5 Å². The fourth-order valence-corrected chi connectivity index (χ4v) is 2.81. The van der Waals surface area contributed by atoms with Crippen LogP contribution >= 0.6 is 0 Å². The van der Waals surface area contributed by atoms with Crippen LogP contribution in [-0.2, 0) is 0 Å². The Bertz CT molecular complexity index is 467. The van der Waals surface area contributed by atoms with E-state index in [0.29, 0.717) is 17.6 Å². The lowest BCUT2D eigenvalue weighted by Crippen LogP contribution is -2.54. The number of nitrogens with zero attached hydrogens (tertiary/aromatic N) is 2. The summed E-state index contributed by atoms with van der Waals surface area (Å²) in [5.41, 5.74) is 4.52. The van der Waals surface area contributed by atoms with Crippen molar-refractivity contribution in [3.05, 3.63) is 24.0 Å². The molecule has 1 aromatic heterocycles. The van der Waals surface area contributed by atoms with Crippen molar-refractivity contribution in [2.45, 2.75) is 58.5 Å². The maximum atomic E-state index is 12.6. The highest BCUT2D eigenvalue weighted by Gasteiger charge is 2.27. The lowest BCUT2D eigenvalue weighted by molar-refractivity contribution is 0.0370. The summed E-state index contributed by atoms with van der Waals surface area (Å²) in [6.45, 7) is 7.27. The maximum absolute atomic E-state index is 12.6. The first-order valence-corrected chi connectivity index (χ1v) is 7.90. The van der Waals surface area contributed by atoms with Gasteiger partial charge in [0.15, 0.2) is 0 Å². The molecule has 1 aliphatic rings. The van der Waals surface area contributed by atoms with Gasteiger partial charge in [-0.05, 0) is 39.2 Å². The summed E-state index contributed by atoms with van der Waals surface area (Å²) in [7, 11) is 0. The van der Waals surface area contributed by atoms with Crippen LogP contribution in [0.3, 0.4) is 0 Å². The van der Waals surface area contributed by atoms with Crippen molar-refractivity contribution in [3.8, 4) is 0 Å². The molecule has 1 saturated heterocycles. The molecule has 0 radical (unpaired) electrons. The Hall–Kier alpha value is -1.62. The Balaban J connectivity index is 2.09. The molecule has 0 bridgehead atoms. The Labute approximate surface area is 127 Å². The second-order valence-corrected chi connectivity index (χ2v) is 5.83. The van der Waals surface area contributed by atoms with E-state index in [-0.39, 0.29) is 5.91 Å². The second kappa shape index (κ2) is 7.41. The summed E-state index contributed by atoms with van der Waals surface area (Å²) in [6.07, 6.45) is 7.83. The molecule has 2 N–H and O–H groups in total. The maximum Gasteiger partial charge on any atom is 0.269 e. The topological polar surface area (TPSA) is 57.3 Å². The van der Waals surface area contributed by atoms with Gasteiger partial charge in [-0.25, -0.2) is 5.01 Å². The molecule has 1 fully saturated rings. The summed E-state index contributed by atoms with van der Waals surface area (Å²) in [5, 5.41) is 5.37. The number of hydrogen-bond donors (Lipinski definition) is 2. The summed E-state index contributed by atoms with van der Waals surface area (Å²) in [6, 6.07) is 2.61. The molecule has 2 rings (SSSR count). The molecular weight excluding hydrogens is 264 g/mol. The van der Waals surface area contributed by atoms with Crippen LogP contribution in [0.1, 0.15) is 56.8 Å². The first-order chi connectivity index (χ1) is 10.1. The molecule has 2 atom stereocenters. The molecule has 2 heterocycles. The third-order valence-corrected chi connectivity index (χ3v) is 4.06. The van der Waals surface area contributed by atoms with Gasteiger partial charge < -0.3 is 5.32 Å². The first kappa shape index (κ1) is 15.8. The fraction of sp³-hybridized carbons (Fsp3) is 0.625. The van der Waals surface area contributed by atoms with E-state index >= 15 is 0 Å². The minimum atomic E-state index is -0.0812. The number of aromatic nitrogens is 1. The molecule has 0 aliphatic carbocycles. The van der Waals surface area contributed by atoms with Crippen molar-refractivity contribution in [3.63, 3.8) is 0 Å². The molecule has 1 aromatic rings. The van der Waals surface area contributed by atoms with Gasteiger partial charge >= 0.3 is 0 Å². The Morgan fingerprint density at radius 2 is 2.10 bits per heavy atom. The molecule has 21 heavy (non-hydrogen) atoms. The highest BCUT2D eigenvalue weighted by molar-refractivity contribution is 5.99. The fourth-order valence-electron chi connectivity index (χ4n) is 2.81. The Morgan fingerprint density at radius 1 is 1.38 bits per heavy atom. The number of anilines is 1. The molecule has 5 nitrogen and oxygen atoms in total. The van der Waals surface area contributed by atoms with Crippen molar-refractivity contribution in [1.29, 1.82) is 0 Å². The van der Waals surface area contributed by atoms with Crippen molar-refractivity contribution in [1.82, 2.24) is 15.4 Å². The number of carbonyl (C=O) groups excluding carboxylic acids is 1. The van der Waals surface area contributed by atoms with Crippen molar-refractivity contribution >= 4 is 11.6 Å². The van der Waals surface area contributed by atoms with Crippen LogP contribution in [0.5, 0.6) is 0 Å². The molecule has 1 amide bonds. The van der Waals surface area contributed by atoms with Crippen LogP contribution in [0.4, 0.5) is 5.69 Å². The number of hydrogen-bond acceptors (Lipinski definition) is 4. The zero-order valence-electron chi connectivity index (χ0n) is 13.2. The van der Waals surface area contributed by atoms with Gasteiger partial charge in [0.05, 0.1) is 11.3 Å². The van der Waals surface area contributed by atoms with Crippen LogP contribution in [0, 0.1) is 0 Å². The van der Waals surface area contributed by atoms with Crippen LogP contribution in [0.25, 0.3) is 0 Å². The molecule has 1 aliphatic heterocycles. The molecule has 116 valence electrons. The van der Waals surface area contributed by atoms with Gasteiger partial charge in [-0.15, -0.1) is 0 Å². The van der Waals surface area contributed by atoms with Crippen molar-refractivity contribution in [2.24, 2.45) is 0 Å². The monoisotopic (exact) mass is 290 g/mol. The molecule has 0 spiro atoms. The van der Waals surface area contributed by atoms with E-state index in [1.165, 1.54) is 6.42 Å². The average Bonchev–Trinajstić information content (AvgIpc) is 2.49. The summed E-state index contributed by atoms with van der Waals surface area (Å²) < 4.78 is 0. The smallest absolute Gasteiger partial charge is 0.269 e. The van der Waals surface area contributed by atoms with Crippen LogP contribution in [-0.4, -0.2) is 34.5 Å². The van der Waals surface area contributed by atoms with E-state index in [1.54, 1.807) is 12.4 Å². The lowest BCUT2D eigenvalue weighted by Gasteiger charge is -2.38. The first-order valence-electron chi connectivity index (χ1n) is 7.90. The SMILES string of the molecule is CCCNc1ccncc1C(=O)NN1C(C)CCCC1C. The standard InChI is InChI=1S/C16H26N4O/c1-4-9-18-15-8-10-17-11-14(15)16(21)19-20-12(2)6-5-7-13(20)3/h8,10-13H,4-7,9H2,1-3H3,(H,17,18)(H,19,21). The number of hydrazine groups is 1. The predicted molar refractivity (Wildman–Crippen MR) is 85.1 cm³/mol. The van der Waals surface area contributed by atoms with Gasteiger partial charge in [0.25, 0.3) is 5.91 Å². The highest BCUT2D eigenvalue weighted by Crippen LogP contribution is 2.21. The summed E-state index contributed by atoms with van der Waals surface area (Å²) in [5.74, 6) is -0.0812. The summed E-state index contributed by atoms with van der Waals surface area (Å²) in [4.78, 5) is 16.6. The van der Waals surface area contributed by atoms with E-state index in [9.17, 15) is 4.79 Å². The number of rotatable bonds is 5. The zero-order chi connectivity index (χ0) is 15.2. The largest absolute Gasteiger partial charge is 0.384 e. The number of piperidine rings is 1. The van der Waals surface area contributed by atoms with Gasteiger partial charge in [0.1, 0.15) is 0 Å². The molecular formula is C16H26N4O. The average molecular weight is 290 g/mol. The van der Waals surface area contributed by atoms with Gasteiger partial charge in [0, 0.05) is 31.0 Å². The number of carbonyl (C=O) groups is 1. The second-order valence-electron chi connectivity index (χ2n) is 5.83. The third kappa shape index (κ3) is 3.94. The molecule has 0 saturated carbocycles. The van der Waals surface area contributed by atoms with Crippen LogP contribution in [0.15, 0.2) is 18.5 Å². The summed E-state index contributed by atoms with van der Waals surface area (Å²) >= 11 is 0. The lowest BCUT2D eigenvalue weighted by atomic mass is 10.00. The molecule has 5 heteroatoms. The van der Waals surface area contributed by atoms with E-state index in [4.69, 9.17) is 0 Å². The number of amides is 1. The highest BCUT2D eigenvalue weighted by atomic mass is 16.2. The predicted octanol–water partition coefficient (Wildman–Crippen LogP) is 2.81. The van der Waals surface area contributed by atoms with Gasteiger partial charge in [-0.1, -0.05) is 13.3 Å². The number of nitrogens with one attached hydrogen (secondary N) is 2. The van der Waals surface area contributed by atoms with Crippen molar-refractivity contribution < 1.29 is 4.79 Å². The minimum absolute atomic E-state index is 0.0812. The Morgan fingerprint density at radius 3 is 2.76 bits per heavy atom. The minimum Gasteiger partial charge on any atom is -0.384 e. The van der Waals surface area contributed by atoms with Gasteiger partial charge in [0.2, 0.25) is 0 Å². The van der Waals surface area contributed by atoms with Gasteiger partial charge in [-0.3, -0.25) is 15.2 Å². The molecule has 0 aromatic carbocycles. The van der Waals surface area contributed by atoms with Crippen LogP contribution in [0.2, 0.25) is 0 Å². The number of pyridine rings is 1. The van der Waals surface area contributed by atoms with Crippen LogP contribution < -0.4 is 10.7 Å². The van der Waals surface area contributed by atoms with E-state index in [1.807, 2.05) is 6.07 Å².